The third-order valence-corrected chi connectivity index (χ3v) is 16.6. The zero-order valence-corrected chi connectivity index (χ0v) is 44.1. The van der Waals surface area contributed by atoms with Crippen LogP contribution in [0, 0.1) is 17.6 Å². The number of alkyl halides is 6. The van der Waals surface area contributed by atoms with Gasteiger partial charge in [0.15, 0.2) is 5.60 Å². The number of benzene rings is 8. The summed E-state index contributed by atoms with van der Waals surface area (Å²) < 4.78 is 132. The molecular weight excluding hydrogens is 1020 g/mol. The van der Waals surface area contributed by atoms with Crippen LogP contribution in [0.25, 0.3) is 50.2 Å². The third-order valence-electron chi connectivity index (χ3n) is 16.6. The Morgan fingerprint density at radius 2 is 1.25 bits per heavy atom. The average Bonchev–Trinajstić information content (AvgIpc) is 3.93. The van der Waals surface area contributed by atoms with Crippen molar-refractivity contribution in [3.63, 3.8) is 0 Å². The normalized spacial score (nSPS) is 17.2. The molecule has 1 amide bonds. The number of hydrogen-bond acceptors (Lipinski definition) is 3. The summed E-state index contributed by atoms with van der Waals surface area (Å²) in [7, 11) is 1.44. The molecule has 0 spiro atoms. The topological polar surface area (TPSA) is 47.6 Å². The lowest BCUT2D eigenvalue weighted by Crippen LogP contribution is -2.35. The van der Waals surface area contributed by atoms with Crippen LogP contribution in [0.5, 0.6) is 11.5 Å². The van der Waals surface area contributed by atoms with Crippen LogP contribution in [0.1, 0.15) is 133 Å². The molecule has 1 N–H and O–H groups in total. The first-order valence-electron chi connectivity index (χ1n) is 26.9. The summed E-state index contributed by atoms with van der Waals surface area (Å²) in [5, 5.41) is 3.51. The monoisotopic (exact) mass is 1080 g/mol. The molecule has 0 aromatic heterocycles. The Labute approximate surface area is 454 Å². The van der Waals surface area contributed by atoms with Gasteiger partial charge in [0, 0.05) is 44.3 Å². The van der Waals surface area contributed by atoms with Crippen molar-refractivity contribution in [3.05, 3.63) is 213 Å². The number of unbranched alkanes of at least 4 members (excludes halogenated alkanes) is 2. The molecule has 1 aliphatic heterocycles. The molecule has 0 radical (unpaired) electrons. The smallest absolute Gasteiger partial charge is 0.416 e. The van der Waals surface area contributed by atoms with Crippen LogP contribution in [0.4, 0.5) is 40.8 Å². The molecule has 1 fully saturated rings. The van der Waals surface area contributed by atoms with E-state index in [2.05, 4.69) is 36.5 Å². The third kappa shape index (κ3) is 9.86. The SMILES string of the molecule is CCCCC[C@H]1CC[C@H](c2ccc(-c3ccc(C(=O)Nc4ccc(-c5cc6c7c(c8c(c6cc5OC)OC(c5ccc(F)cc5)(c5ccc(F)cc5)C=C8)C(C)(C)c5c-7cc(C(F)(F)F)cc5C(F)(F)F)cc4)cc3)cc2)CC1. The molecule has 0 unspecified atom stereocenters. The van der Waals surface area contributed by atoms with E-state index in [9.17, 15) is 26.7 Å². The molecule has 0 saturated heterocycles. The fourth-order valence-electron chi connectivity index (χ4n) is 12.6. The zero-order valence-electron chi connectivity index (χ0n) is 44.1. The van der Waals surface area contributed by atoms with Gasteiger partial charge in [-0.1, -0.05) is 125 Å². The van der Waals surface area contributed by atoms with Gasteiger partial charge in [0.25, 0.3) is 5.91 Å². The minimum Gasteiger partial charge on any atom is -0.496 e. The number of fused-ring (bicyclic) bond motifs is 8. The van der Waals surface area contributed by atoms with Gasteiger partial charge < -0.3 is 14.8 Å². The summed E-state index contributed by atoms with van der Waals surface area (Å²) in [5.74, 6) is 0.468. The van der Waals surface area contributed by atoms with E-state index in [0.29, 0.717) is 55.9 Å². The number of methoxy groups -OCH3 is 1. The molecular formula is C67H57F8NO3. The summed E-state index contributed by atoms with van der Waals surface area (Å²) in [5.41, 5.74) is 0.374. The maximum atomic E-state index is 15.2. The van der Waals surface area contributed by atoms with Crippen LogP contribution in [-0.4, -0.2) is 13.0 Å². The highest BCUT2D eigenvalue weighted by molar-refractivity contribution is 6.11. The number of ether oxygens (including phenoxy) is 2. The highest BCUT2D eigenvalue weighted by Crippen LogP contribution is 2.62. The Kier molecular flexibility index (Phi) is 13.8. The van der Waals surface area contributed by atoms with Crippen LogP contribution in [-0.2, 0) is 23.4 Å². The van der Waals surface area contributed by atoms with Crippen LogP contribution >= 0.6 is 0 Å². The number of halogens is 8. The lowest BCUT2D eigenvalue weighted by molar-refractivity contribution is -0.143. The van der Waals surface area contributed by atoms with Crippen molar-refractivity contribution in [2.45, 2.75) is 101 Å². The maximum absolute atomic E-state index is 15.2. The van der Waals surface area contributed by atoms with Gasteiger partial charge in [-0.3, -0.25) is 4.79 Å². The largest absolute Gasteiger partial charge is 0.496 e. The van der Waals surface area contributed by atoms with Gasteiger partial charge in [0.05, 0.1) is 18.2 Å². The Bertz CT molecular complexity index is 3580. The van der Waals surface area contributed by atoms with E-state index >= 15 is 13.2 Å². The standard InChI is InChI=1S/C67H57F8NO3/c1-5-6-7-8-39-9-11-40(12-10-39)41-13-15-42(16-14-41)43-17-19-45(20-18-43)63(77)76-51-31-21-44(22-32-51)53-37-54-55(38-58(53)78-4)62-52(33-34-65(79-62,46-23-27-49(68)28-24-46)47-25-29-50(69)30-26-47)61-59(54)56-35-48(66(70,71)72)36-57(67(73,74)75)60(56)64(61,2)3/h13-40H,5-12H2,1-4H3,(H,76,77)/t39-,40-. The lowest BCUT2D eigenvalue weighted by atomic mass is 9.75. The zero-order chi connectivity index (χ0) is 55.6. The number of anilines is 1. The fraction of sp³-hybridized carbons (Fsp3) is 0.269. The predicted octanol–water partition coefficient (Wildman–Crippen LogP) is 19.3. The summed E-state index contributed by atoms with van der Waals surface area (Å²) >= 11 is 0. The van der Waals surface area contributed by atoms with Crippen molar-refractivity contribution >= 4 is 28.4 Å². The summed E-state index contributed by atoms with van der Waals surface area (Å²) in [4.78, 5) is 13.7. The molecule has 8 aromatic rings. The van der Waals surface area contributed by atoms with E-state index in [1.165, 1.54) is 113 Å². The first-order chi connectivity index (χ1) is 37.8. The number of carbonyl (C=O) groups excluding carboxylic acids is 1. The molecule has 8 aromatic carbocycles. The Hall–Kier alpha value is -7.73. The van der Waals surface area contributed by atoms with Crippen molar-refractivity contribution in [1.82, 2.24) is 0 Å². The minimum absolute atomic E-state index is 0.149. The number of hydrogen-bond donors (Lipinski definition) is 1. The van der Waals surface area contributed by atoms with Gasteiger partial charge in [0.1, 0.15) is 23.1 Å². The molecule has 3 aliphatic rings. The maximum Gasteiger partial charge on any atom is 0.416 e. The molecule has 79 heavy (non-hydrogen) atoms. The molecule has 1 heterocycles. The van der Waals surface area contributed by atoms with E-state index in [4.69, 9.17) is 9.47 Å². The van der Waals surface area contributed by atoms with Gasteiger partial charge in [-0.25, -0.2) is 8.78 Å². The highest BCUT2D eigenvalue weighted by atomic mass is 19.4. The average molecular weight is 1080 g/mol. The fourth-order valence-corrected chi connectivity index (χ4v) is 12.6. The summed E-state index contributed by atoms with van der Waals surface area (Å²) in [6, 6.07) is 38.3. The Morgan fingerprint density at radius 1 is 0.658 bits per heavy atom. The lowest BCUT2D eigenvalue weighted by Gasteiger charge is -2.38. The van der Waals surface area contributed by atoms with E-state index in [-0.39, 0.29) is 45.5 Å². The number of rotatable bonds is 12. The predicted molar refractivity (Wildman–Crippen MR) is 295 cm³/mol. The minimum atomic E-state index is -5.18. The molecule has 12 heteroatoms. The number of carbonyl (C=O) groups is 1. The van der Waals surface area contributed by atoms with Gasteiger partial charge in [-0.05, 0) is 166 Å². The van der Waals surface area contributed by atoms with Crippen molar-refractivity contribution < 1.29 is 49.4 Å². The Morgan fingerprint density at radius 3 is 1.82 bits per heavy atom. The van der Waals surface area contributed by atoms with Crippen LogP contribution < -0.4 is 14.8 Å². The van der Waals surface area contributed by atoms with Gasteiger partial charge in [0.2, 0.25) is 0 Å². The van der Waals surface area contributed by atoms with E-state index < -0.39 is 46.1 Å². The van der Waals surface area contributed by atoms with Crippen molar-refractivity contribution in [2.75, 3.05) is 12.4 Å². The van der Waals surface area contributed by atoms with Crippen molar-refractivity contribution in [3.8, 4) is 44.9 Å². The molecule has 0 bridgehead atoms. The second-order valence-electron chi connectivity index (χ2n) is 21.8. The van der Waals surface area contributed by atoms with Crippen molar-refractivity contribution in [2.24, 2.45) is 5.92 Å². The van der Waals surface area contributed by atoms with E-state index in [0.717, 1.165) is 23.1 Å². The molecule has 404 valence electrons. The molecule has 2 aliphatic carbocycles. The number of amides is 1. The quantitative estimate of drug-likeness (QED) is 0.0980. The first kappa shape index (κ1) is 53.3. The second-order valence-corrected chi connectivity index (χ2v) is 21.8. The Balaban J connectivity index is 0.948. The van der Waals surface area contributed by atoms with E-state index in [1.807, 2.05) is 12.1 Å². The van der Waals surface area contributed by atoms with Crippen LogP contribution in [0.2, 0.25) is 0 Å². The van der Waals surface area contributed by atoms with Crippen LogP contribution in [0.3, 0.4) is 0 Å². The summed E-state index contributed by atoms with van der Waals surface area (Å²) in [6.07, 6.45) is 3.28. The molecule has 4 nitrogen and oxygen atoms in total. The molecule has 0 atom stereocenters. The van der Waals surface area contributed by atoms with Gasteiger partial charge >= 0.3 is 12.4 Å². The highest BCUT2D eigenvalue weighted by Gasteiger charge is 2.50. The first-order valence-corrected chi connectivity index (χ1v) is 26.9. The van der Waals surface area contributed by atoms with E-state index in [1.54, 1.807) is 74.5 Å². The number of nitrogens with one attached hydrogen (secondary N) is 1. The van der Waals surface area contributed by atoms with Gasteiger partial charge in [-0.15, -0.1) is 0 Å². The second kappa shape index (κ2) is 20.5. The van der Waals surface area contributed by atoms with Crippen LogP contribution in [0.15, 0.2) is 152 Å². The van der Waals surface area contributed by atoms with Crippen molar-refractivity contribution in [1.29, 1.82) is 0 Å². The summed E-state index contributed by atoms with van der Waals surface area (Å²) in [6.45, 7) is 5.35. The molecule has 11 rings (SSSR count). The van der Waals surface area contributed by atoms with Gasteiger partial charge in [-0.2, -0.15) is 26.3 Å². The molecule has 1 saturated carbocycles.